The van der Waals surface area contributed by atoms with E-state index in [0.29, 0.717) is 24.0 Å². The molecular formula is C28H39N5O2. The molecule has 3 aromatic rings. The van der Waals surface area contributed by atoms with Gasteiger partial charge in [-0.2, -0.15) is 0 Å². The van der Waals surface area contributed by atoms with Crippen LogP contribution >= 0.6 is 0 Å². The largest absolute Gasteiger partial charge is 0.477 e. The van der Waals surface area contributed by atoms with Crippen molar-refractivity contribution in [2.75, 3.05) is 37.7 Å². The van der Waals surface area contributed by atoms with Crippen molar-refractivity contribution < 1.29 is 9.26 Å². The zero-order chi connectivity index (χ0) is 24.4. The first-order valence-corrected chi connectivity index (χ1v) is 13.1. The molecule has 188 valence electrons. The van der Waals surface area contributed by atoms with Crippen molar-refractivity contribution in [2.45, 2.75) is 65.2 Å². The fourth-order valence-corrected chi connectivity index (χ4v) is 5.65. The van der Waals surface area contributed by atoms with Crippen LogP contribution in [0.25, 0.3) is 11.0 Å². The molecule has 0 N–H and O–H groups in total. The molecule has 4 heterocycles. The number of fused-ring (bicyclic) bond motifs is 2. The second kappa shape index (κ2) is 10.5. The van der Waals surface area contributed by atoms with E-state index >= 15 is 0 Å². The van der Waals surface area contributed by atoms with Crippen LogP contribution in [0.1, 0.15) is 46.1 Å². The van der Waals surface area contributed by atoms with E-state index in [1.54, 1.807) is 0 Å². The highest BCUT2D eigenvalue weighted by Gasteiger charge is 2.34. The summed E-state index contributed by atoms with van der Waals surface area (Å²) in [5.41, 5.74) is 2.10. The van der Waals surface area contributed by atoms with Crippen LogP contribution in [-0.4, -0.2) is 70.9 Å². The van der Waals surface area contributed by atoms with Gasteiger partial charge >= 0.3 is 0 Å². The average Bonchev–Trinajstić information content (AvgIpc) is 3.30. The van der Waals surface area contributed by atoms with Gasteiger partial charge in [0.05, 0.1) is 12.0 Å². The number of benzene rings is 1. The van der Waals surface area contributed by atoms with Gasteiger partial charge in [0.2, 0.25) is 5.88 Å². The highest BCUT2D eigenvalue weighted by molar-refractivity contribution is 5.88. The molecule has 2 aromatic heterocycles. The van der Waals surface area contributed by atoms with Crippen LogP contribution in [0, 0.1) is 5.92 Å². The lowest BCUT2D eigenvalue weighted by Crippen LogP contribution is -2.57. The second-order valence-corrected chi connectivity index (χ2v) is 10.7. The molecule has 2 saturated heterocycles. The van der Waals surface area contributed by atoms with Crippen molar-refractivity contribution in [3.63, 3.8) is 0 Å². The smallest absolute Gasteiger partial charge is 0.213 e. The Kier molecular flexibility index (Phi) is 7.25. The molecule has 35 heavy (non-hydrogen) atoms. The van der Waals surface area contributed by atoms with E-state index in [2.05, 4.69) is 70.7 Å². The number of para-hydroxylation sites is 1. The van der Waals surface area contributed by atoms with Gasteiger partial charge < -0.3 is 14.2 Å². The highest BCUT2D eigenvalue weighted by Crippen LogP contribution is 2.31. The fourth-order valence-electron chi connectivity index (χ4n) is 5.65. The molecule has 2 aliphatic heterocycles. The van der Waals surface area contributed by atoms with Crippen molar-refractivity contribution in [1.29, 1.82) is 0 Å². The van der Waals surface area contributed by atoms with E-state index in [4.69, 9.17) is 9.26 Å². The summed E-state index contributed by atoms with van der Waals surface area (Å²) in [6.45, 7) is 14.8. The minimum absolute atomic E-state index is 0.512. The molecule has 0 aliphatic carbocycles. The van der Waals surface area contributed by atoms with Gasteiger partial charge in [0.15, 0.2) is 11.4 Å². The van der Waals surface area contributed by atoms with Crippen LogP contribution in [0.4, 0.5) is 5.82 Å². The van der Waals surface area contributed by atoms with Crippen molar-refractivity contribution >= 4 is 16.8 Å². The molecule has 0 radical (unpaired) electrons. The SMILES string of the molecule is CC(C)N(Cc1ccc(OC[C@@H]2CC[C@@H]3CN(c4noc5ccccc45)CCN3C2)nc1)C(C)C. The van der Waals surface area contributed by atoms with Gasteiger partial charge in [-0.1, -0.05) is 23.4 Å². The molecule has 0 saturated carbocycles. The monoisotopic (exact) mass is 477 g/mol. The number of piperidine rings is 1. The number of anilines is 1. The van der Waals surface area contributed by atoms with Gasteiger partial charge in [0, 0.05) is 69.0 Å². The molecule has 0 spiro atoms. The van der Waals surface area contributed by atoms with Crippen LogP contribution in [-0.2, 0) is 6.54 Å². The average molecular weight is 478 g/mol. The predicted molar refractivity (Wildman–Crippen MR) is 140 cm³/mol. The summed E-state index contributed by atoms with van der Waals surface area (Å²) in [5, 5.41) is 5.49. The summed E-state index contributed by atoms with van der Waals surface area (Å²) in [4.78, 5) is 12.1. The number of rotatable bonds is 8. The van der Waals surface area contributed by atoms with E-state index in [9.17, 15) is 0 Å². The Bertz CT molecular complexity index is 1090. The molecular weight excluding hydrogens is 438 g/mol. The Morgan fingerprint density at radius 1 is 1.03 bits per heavy atom. The quantitative estimate of drug-likeness (QED) is 0.461. The molecule has 0 bridgehead atoms. The van der Waals surface area contributed by atoms with Gasteiger partial charge in [0.1, 0.15) is 0 Å². The van der Waals surface area contributed by atoms with Crippen LogP contribution in [0.3, 0.4) is 0 Å². The Morgan fingerprint density at radius 3 is 2.63 bits per heavy atom. The van der Waals surface area contributed by atoms with Gasteiger partial charge in [-0.05, 0) is 58.2 Å². The summed E-state index contributed by atoms with van der Waals surface area (Å²) in [6, 6.07) is 13.9. The van der Waals surface area contributed by atoms with Crippen LogP contribution in [0.5, 0.6) is 5.88 Å². The van der Waals surface area contributed by atoms with E-state index in [1.807, 2.05) is 24.4 Å². The third-order valence-electron chi connectivity index (χ3n) is 7.62. The number of nitrogens with zero attached hydrogens (tertiary/aromatic N) is 5. The first-order chi connectivity index (χ1) is 17.0. The standard InChI is InChI=1S/C28H39N5O2/c1-20(2)33(21(3)4)17-22-10-12-27(29-15-22)34-19-23-9-11-24-18-32(14-13-31(24)16-23)28-25-7-5-6-8-26(25)35-30-28/h5-8,10,12,15,20-21,23-24H,9,11,13-14,16-19H2,1-4H3/t23-,24-/m1/s1. The van der Waals surface area contributed by atoms with Crippen molar-refractivity contribution in [2.24, 2.45) is 5.92 Å². The maximum Gasteiger partial charge on any atom is 0.213 e. The fraction of sp³-hybridized carbons (Fsp3) is 0.571. The van der Waals surface area contributed by atoms with Gasteiger partial charge in [-0.3, -0.25) is 9.80 Å². The topological polar surface area (TPSA) is 57.9 Å². The molecule has 2 aliphatic rings. The lowest BCUT2D eigenvalue weighted by molar-refractivity contribution is 0.0716. The van der Waals surface area contributed by atoms with Crippen molar-refractivity contribution in [1.82, 2.24) is 19.9 Å². The highest BCUT2D eigenvalue weighted by atomic mass is 16.5. The molecule has 7 heteroatoms. The Morgan fingerprint density at radius 2 is 1.86 bits per heavy atom. The van der Waals surface area contributed by atoms with Gasteiger partial charge in [0.25, 0.3) is 0 Å². The third kappa shape index (κ3) is 5.46. The van der Waals surface area contributed by atoms with E-state index < -0.39 is 0 Å². The summed E-state index contributed by atoms with van der Waals surface area (Å²) in [6.07, 6.45) is 4.34. The Hall–Kier alpha value is -2.64. The van der Waals surface area contributed by atoms with Crippen LogP contribution in [0.2, 0.25) is 0 Å². The molecule has 2 fully saturated rings. The van der Waals surface area contributed by atoms with E-state index in [1.165, 1.54) is 18.4 Å². The molecule has 0 unspecified atom stereocenters. The molecule has 1 aromatic carbocycles. The lowest BCUT2D eigenvalue weighted by Gasteiger charge is -2.46. The number of piperazine rings is 1. The normalized spacial score (nSPS) is 21.3. The number of hydrogen-bond donors (Lipinski definition) is 0. The number of pyridine rings is 1. The van der Waals surface area contributed by atoms with E-state index in [0.717, 1.165) is 62.0 Å². The third-order valence-corrected chi connectivity index (χ3v) is 7.62. The van der Waals surface area contributed by atoms with Gasteiger partial charge in [-0.25, -0.2) is 4.98 Å². The zero-order valence-electron chi connectivity index (χ0n) is 21.6. The maximum atomic E-state index is 6.12. The van der Waals surface area contributed by atoms with Crippen molar-refractivity contribution in [3.8, 4) is 5.88 Å². The second-order valence-electron chi connectivity index (χ2n) is 10.7. The maximum absolute atomic E-state index is 6.12. The molecule has 7 nitrogen and oxygen atoms in total. The first-order valence-electron chi connectivity index (χ1n) is 13.1. The number of ether oxygens (including phenoxy) is 1. The minimum Gasteiger partial charge on any atom is -0.477 e. The summed E-state index contributed by atoms with van der Waals surface area (Å²) in [5.74, 6) is 2.27. The molecule has 0 amide bonds. The zero-order valence-corrected chi connectivity index (χ0v) is 21.6. The summed E-state index contributed by atoms with van der Waals surface area (Å²) < 4.78 is 11.7. The van der Waals surface area contributed by atoms with Crippen LogP contribution in [0.15, 0.2) is 47.1 Å². The summed E-state index contributed by atoms with van der Waals surface area (Å²) >= 11 is 0. The Balaban J connectivity index is 1.11. The summed E-state index contributed by atoms with van der Waals surface area (Å²) in [7, 11) is 0. The molecule has 5 rings (SSSR count). The van der Waals surface area contributed by atoms with Crippen LogP contribution < -0.4 is 9.64 Å². The number of hydrogen-bond acceptors (Lipinski definition) is 7. The van der Waals surface area contributed by atoms with Gasteiger partial charge in [-0.15, -0.1) is 0 Å². The lowest BCUT2D eigenvalue weighted by atomic mass is 9.91. The number of aromatic nitrogens is 2. The minimum atomic E-state index is 0.512. The Labute approximate surface area is 209 Å². The predicted octanol–water partition coefficient (Wildman–Crippen LogP) is 4.82. The first kappa shape index (κ1) is 24.1. The van der Waals surface area contributed by atoms with Crippen molar-refractivity contribution in [3.05, 3.63) is 48.2 Å². The molecule has 2 atom stereocenters. The van der Waals surface area contributed by atoms with E-state index in [-0.39, 0.29) is 0 Å².